The summed E-state index contributed by atoms with van der Waals surface area (Å²) in [5, 5.41) is 8.77. The van der Waals surface area contributed by atoms with Gasteiger partial charge in [-0.2, -0.15) is 0 Å². The molecule has 86 valence electrons. The second-order valence-corrected chi connectivity index (χ2v) is 3.80. The monoisotopic (exact) mass is 227 g/mol. The molecule has 2 rings (SSSR count). The normalized spacial score (nSPS) is 16.9. The first-order chi connectivity index (χ1) is 8.25. The van der Waals surface area contributed by atoms with Crippen LogP contribution in [0.15, 0.2) is 59.1 Å². The summed E-state index contributed by atoms with van der Waals surface area (Å²) in [6.07, 6.45) is 5.64. The predicted octanol–water partition coefficient (Wildman–Crippen LogP) is 2.60. The van der Waals surface area contributed by atoms with Crippen molar-refractivity contribution < 1.29 is 9.90 Å². The van der Waals surface area contributed by atoms with E-state index in [9.17, 15) is 4.79 Å². The first kappa shape index (κ1) is 11.3. The molecule has 0 atom stereocenters. The van der Waals surface area contributed by atoms with E-state index in [0.29, 0.717) is 18.5 Å². The molecule has 1 aromatic carbocycles. The lowest BCUT2D eigenvalue weighted by atomic mass is 10.1. The average Bonchev–Trinajstić information content (AvgIpc) is 2.38. The number of carboxylic acids is 1. The summed E-state index contributed by atoms with van der Waals surface area (Å²) >= 11 is 0. The van der Waals surface area contributed by atoms with Crippen molar-refractivity contribution in [1.29, 1.82) is 0 Å². The van der Waals surface area contributed by atoms with Gasteiger partial charge in [-0.3, -0.25) is 4.99 Å². The molecule has 1 aliphatic carbocycles. The summed E-state index contributed by atoms with van der Waals surface area (Å²) in [4.78, 5) is 15.1. The van der Waals surface area contributed by atoms with Crippen LogP contribution in [0.1, 0.15) is 12.0 Å². The van der Waals surface area contributed by atoms with E-state index in [4.69, 9.17) is 5.11 Å². The van der Waals surface area contributed by atoms with Crippen LogP contribution < -0.4 is 0 Å². The molecular weight excluding hydrogens is 214 g/mol. The molecule has 0 fully saturated rings. The molecule has 0 saturated heterocycles. The Kier molecular flexibility index (Phi) is 3.50. The fourth-order valence-corrected chi connectivity index (χ4v) is 1.59. The molecule has 0 amide bonds. The maximum absolute atomic E-state index is 10.7. The second kappa shape index (κ2) is 5.25. The fourth-order valence-electron chi connectivity index (χ4n) is 1.59. The van der Waals surface area contributed by atoms with Crippen LogP contribution in [0.4, 0.5) is 0 Å². The van der Waals surface area contributed by atoms with Crippen molar-refractivity contribution in [3.63, 3.8) is 0 Å². The highest BCUT2D eigenvalue weighted by Crippen LogP contribution is 2.10. The molecule has 0 saturated carbocycles. The van der Waals surface area contributed by atoms with Crippen LogP contribution in [0.3, 0.4) is 0 Å². The van der Waals surface area contributed by atoms with E-state index < -0.39 is 5.97 Å². The number of hydrogen-bond acceptors (Lipinski definition) is 2. The van der Waals surface area contributed by atoms with E-state index in [2.05, 4.69) is 4.99 Å². The summed E-state index contributed by atoms with van der Waals surface area (Å²) in [5.41, 5.74) is 2.41. The Hall–Kier alpha value is -2.16. The molecular formula is C14H13NO2. The summed E-state index contributed by atoms with van der Waals surface area (Å²) in [5.74, 6) is -0.886. The van der Waals surface area contributed by atoms with Gasteiger partial charge < -0.3 is 5.11 Å². The minimum absolute atomic E-state index is 0.337. The van der Waals surface area contributed by atoms with Crippen molar-refractivity contribution >= 4 is 11.7 Å². The van der Waals surface area contributed by atoms with Gasteiger partial charge in [0.15, 0.2) is 0 Å². The Labute approximate surface area is 99.8 Å². The summed E-state index contributed by atoms with van der Waals surface area (Å²) in [6.45, 7) is 0.636. The minimum atomic E-state index is -0.886. The average molecular weight is 227 g/mol. The molecule has 3 nitrogen and oxygen atoms in total. The van der Waals surface area contributed by atoms with Gasteiger partial charge in [-0.05, 0) is 17.7 Å². The van der Waals surface area contributed by atoms with Crippen molar-refractivity contribution in [2.45, 2.75) is 13.0 Å². The van der Waals surface area contributed by atoms with Crippen LogP contribution in [0.5, 0.6) is 0 Å². The summed E-state index contributed by atoms with van der Waals surface area (Å²) < 4.78 is 0. The highest BCUT2D eigenvalue weighted by molar-refractivity contribution is 6.02. The molecule has 3 heteroatoms. The molecule has 1 N–H and O–H groups in total. The Morgan fingerprint density at radius 3 is 2.59 bits per heavy atom. The third-order valence-corrected chi connectivity index (χ3v) is 2.54. The highest BCUT2D eigenvalue weighted by atomic mass is 16.4. The van der Waals surface area contributed by atoms with Gasteiger partial charge in [-0.25, -0.2) is 4.79 Å². The zero-order chi connectivity index (χ0) is 12.1. The van der Waals surface area contributed by atoms with Gasteiger partial charge >= 0.3 is 5.97 Å². The predicted molar refractivity (Wildman–Crippen MR) is 67.1 cm³/mol. The lowest BCUT2D eigenvalue weighted by Gasteiger charge is -2.05. The third kappa shape index (κ3) is 3.14. The molecule has 0 unspecified atom stereocenters. The van der Waals surface area contributed by atoms with Crippen LogP contribution in [0.25, 0.3) is 0 Å². The standard InChI is InChI=1S/C14H13NO2/c16-14(17)12-6-8-13(9-7-12)15-10-11-4-2-1-3-5-11/h1-8H,9-10H2,(H,16,17). The molecule has 0 spiro atoms. The molecule has 0 aromatic heterocycles. The van der Waals surface area contributed by atoms with Gasteiger partial charge in [0.2, 0.25) is 0 Å². The molecule has 0 aliphatic heterocycles. The number of aliphatic imine (C=N–C) groups is 1. The van der Waals surface area contributed by atoms with Gasteiger partial charge in [0.25, 0.3) is 0 Å². The third-order valence-electron chi connectivity index (χ3n) is 2.54. The second-order valence-electron chi connectivity index (χ2n) is 3.80. The van der Waals surface area contributed by atoms with Crippen molar-refractivity contribution in [3.8, 4) is 0 Å². The number of carbonyl (C=O) groups is 1. The zero-order valence-corrected chi connectivity index (χ0v) is 9.34. The van der Waals surface area contributed by atoms with Crippen molar-refractivity contribution in [2.24, 2.45) is 4.99 Å². The highest BCUT2D eigenvalue weighted by Gasteiger charge is 2.07. The summed E-state index contributed by atoms with van der Waals surface area (Å²) in [6, 6.07) is 9.98. The molecule has 1 aromatic rings. The number of benzene rings is 1. The first-order valence-corrected chi connectivity index (χ1v) is 5.44. The maximum Gasteiger partial charge on any atom is 0.335 e. The lowest BCUT2D eigenvalue weighted by molar-refractivity contribution is -0.132. The number of carboxylic acid groups (broad SMARTS) is 1. The van der Waals surface area contributed by atoms with E-state index in [-0.39, 0.29) is 0 Å². The molecule has 17 heavy (non-hydrogen) atoms. The Morgan fingerprint density at radius 1 is 1.24 bits per heavy atom. The van der Waals surface area contributed by atoms with Gasteiger partial charge in [-0.1, -0.05) is 36.4 Å². The number of nitrogens with zero attached hydrogens (tertiary/aromatic N) is 1. The number of allylic oxidation sites excluding steroid dienone is 2. The Bertz CT molecular complexity index is 498. The van der Waals surface area contributed by atoms with E-state index in [0.717, 1.165) is 11.3 Å². The van der Waals surface area contributed by atoms with Gasteiger partial charge in [0.1, 0.15) is 0 Å². The van der Waals surface area contributed by atoms with Crippen LogP contribution in [-0.4, -0.2) is 16.8 Å². The Balaban J connectivity index is 1.99. The number of aliphatic carboxylic acids is 1. The van der Waals surface area contributed by atoms with Crippen LogP contribution in [0, 0.1) is 0 Å². The SMILES string of the molecule is O=C(O)C1=CCC(=NCc2ccccc2)C=C1. The molecule has 1 aliphatic rings. The van der Waals surface area contributed by atoms with Crippen LogP contribution in [0.2, 0.25) is 0 Å². The maximum atomic E-state index is 10.7. The van der Waals surface area contributed by atoms with Crippen LogP contribution >= 0.6 is 0 Å². The molecule has 0 heterocycles. The first-order valence-electron chi connectivity index (χ1n) is 5.44. The minimum Gasteiger partial charge on any atom is -0.478 e. The van der Waals surface area contributed by atoms with Gasteiger partial charge in [-0.15, -0.1) is 0 Å². The zero-order valence-electron chi connectivity index (χ0n) is 9.34. The quantitative estimate of drug-likeness (QED) is 0.862. The van der Waals surface area contributed by atoms with E-state index >= 15 is 0 Å². The molecule has 0 radical (unpaired) electrons. The molecule has 0 bridgehead atoms. The number of rotatable bonds is 3. The smallest absolute Gasteiger partial charge is 0.335 e. The van der Waals surface area contributed by atoms with Crippen molar-refractivity contribution in [3.05, 3.63) is 59.7 Å². The van der Waals surface area contributed by atoms with E-state index in [1.54, 1.807) is 18.2 Å². The topological polar surface area (TPSA) is 49.7 Å². The number of hydrogen-bond donors (Lipinski definition) is 1. The van der Waals surface area contributed by atoms with Gasteiger partial charge in [0, 0.05) is 12.1 Å². The largest absolute Gasteiger partial charge is 0.478 e. The summed E-state index contributed by atoms with van der Waals surface area (Å²) in [7, 11) is 0. The van der Waals surface area contributed by atoms with E-state index in [1.807, 2.05) is 30.3 Å². The van der Waals surface area contributed by atoms with Crippen molar-refractivity contribution in [2.75, 3.05) is 0 Å². The van der Waals surface area contributed by atoms with Crippen LogP contribution in [-0.2, 0) is 11.3 Å². The van der Waals surface area contributed by atoms with E-state index in [1.165, 1.54) is 0 Å². The van der Waals surface area contributed by atoms with Gasteiger partial charge in [0.05, 0.1) is 12.1 Å². The Morgan fingerprint density at radius 2 is 2.00 bits per heavy atom. The fraction of sp³-hybridized carbons (Fsp3) is 0.143. The van der Waals surface area contributed by atoms with Crippen molar-refractivity contribution in [1.82, 2.24) is 0 Å². The lowest BCUT2D eigenvalue weighted by Crippen LogP contribution is -2.05.